The Labute approximate surface area is 236 Å². The number of ether oxygens (including phenoxy) is 3. The number of Topliss-reactive ketones (excluding diaryl/α,β-unsaturated/α-hetero) is 1. The summed E-state index contributed by atoms with van der Waals surface area (Å²) < 4.78 is 17.3. The Morgan fingerprint density at radius 1 is 1.18 bits per heavy atom. The van der Waals surface area contributed by atoms with Gasteiger partial charge in [-0.25, -0.2) is 4.79 Å². The van der Waals surface area contributed by atoms with Crippen LogP contribution in [-0.2, 0) is 28.6 Å². The van der Waals surface area contributed by atoms with Crippen molar-refractivity contribution in [3.63, 3.8) is 0 Å². The maximum absolute atomic E-state index is 14.1. The van der Waals surface area contributed by atoms with Crippen LogP contribution in [0.3, 0.4) is 0 Å². The van der Waals surface area contributed by atoms with Gasteiger partial charge < -0.3 is 34.2 Å². The van der Waals surface area contributed by atoms with E-state index >= 15 is 0 Å². The van der Waals surface area contributed by atoms with Crippen molar-refractivity contribution in [1.29, 1.82) is 0 Å². The molecule has 2 N–H and O–H groups in total. The highest BCUT2D eigenvalue weighted by Crippen LogP contribution is 2.63. The number of carbonyl (C=O) groups excluding carboxylic acids is 3. The normalized spacial score (nSPS) is 34.6. The molecule has 6 atom stereocenters. The van der Waals surface area contributed by atoms with Crippen LogP contribution in [0, 0.1) is 16.7 Å². The Morgan fingerprint density at radius 3 is 2.45 bits per heavy atom. The zero-order valence-electron chi connectivity index (χ0n) is 24.8. The van der Waals surface area contributed by atoms with E-state index in [0.717, 1.165) is 19.6 Å². The summed E-state index contributed by atoms with van der Waals surface area (Å²) in [5.41, 5.74) is -0.775. The molecule has 10 heteroatoms. The molecule has 1 aliphatic heterocycles. The number of carbonyl (C=O) groups is 3. The lowest BCUT2D eigenvalue weighted by molar-refractivity contribution is -0.161. The van der Waals surface area contributed by atoms with Crippen molar-refractivity contribution in [2.75, 3.05) is 46.9 Å². The Morgan fingerprint density at radius 2 is 1.85 bits per heavy atom. The topological polar surface area (TPSA) is 126 Å². The molecule has 0 amide bonds. The second-order valence-corrected chi connectivity index (χ2v) is 11.9. The molecule has 0 aromatic carbocycles. The summed E-state index contributed by atoms with van der Waals surface area (Å²) in [6, 6.07) is 0. The van der Waals surface area contributed by atoms with Gasteiger partial charge in [-0.3, -0.25) is 9.59 Å². The van der Waals surface area contributed by atoms with E-state index in [0.29, 0.717) is 37.0 Å². The zero-order valence-corrected chi connectivity index (χ0v) is 24.8. The van der Waals surface area contributed by atoms with Crippen molar-refractivity contribution in [2.45, 2.75) is 72.2 Å². The van der Waals surface area contributed by atoms with Gasteiger partial charge in [-0.05, 0) is 50.8 Å². The number of rotatable bonds is 9. The highest BCUT2D eigenvalue weighted by atomic mass is 16.6. The first-order chi connectivity index (χ1) is 18.8. The molecular formula is C30H44N2O8. The molecule has 0 aromatic heterocycles. The molecule has 1 heterocycles. The molecule has 222 valence electrons. The molecule has 10 nitrogen and oxygen atoms in total. The van der Waals surface area contributed by atoms with Crippen LogP contribution in [0.4, 0.5) is 0 Å². The molecule has 4 rings (SSSR count). The second kappa shape index (κ2) is 11.3. The summed E-state index contributed by atoms with van der Waals surface area (Å²) in [5, 5.41) is 22.6. The van der Waals surface area contributed by atoms with Gasteiger partial charge in [0, 0.05) is 56.9 Å². The lowest BCUT2D eigenvalue weighted by Crippen LogP contribution is -2.57. The molecule has 40 heavy (non-hydrogen) atoms. The number of ketones is 1. The van der Waals surface area contributed by atoms with Crippen molar-refractivity contribution in [1.82, 2.24) is 9.80 Å². The lowest BCUT2D eigenvalue weighted by atomic mass is 9.53. The molecule has 3 aliphatic carbocycles. The predicted molar refractivity (Wildman–Crippen MR) is 147 cm³/mol. The van der Waals surface area contributed by atoms with Crippen LogP contribution in [0.5, 0.6) is 0 Å². The molecule has 0 radical (unpaired) electrons. The number of nitrogens with zero attached hydrogens (tertiary/aromatic N) is 2. The number of aliphatic hydroxyl groups is 2. The molecule has 0 bridgehead atoms. The average molecular weight is 561 g/mol. The second-order valence-electron chi connectivity index (χ2n) is 11.9. The van der Waals surface area contributed by atoms with Crippen LogP contribution < -0.4 is 0 Å². The van der Waals surface area contributed by atoms with E-state index in [1.165, 1.54) is 14.0 Å². The average Bonchev–Trinajstić information content (AvgIpc) is 3.18. The predicted octanol–water partition coefficient (Wildman–Crippen LogP) is 2.53. The minimum absolute atomic E-state index is 0.00637. The van der Waals surface area contributed by atoms with Gasteiger partial charge in [0.15, 0.2) is 5.76 Å². The number of allylic oxidation sites excluding steroid dienone is 1. The van der Waals surface area contributed by atoms with E-state index in [9.17, 15) is 24.6 Å². The Bertz CT molecular complexity index is 1150. The smallest absolute Gasteiger partial charge is 0.340 e. The number of likely N-dealkylation sites (N-methyl/N-ethyl adjacent to an activating group) is 2. The first-order valence-electron chi connectivity index (χ1n) is 14.3. The molecule has 1 saturated heterocycles. The van der Waals surface area contributed by atoms with Gasteiger partial charge >= 0.3 is 11.9 Å². The Balaban J connectivity index is 1.90. The third-order valence-electron chi connectivity index (χ3n) is 9.67. The molecular weight excluding hydrogens is 516 g/mol. The van der Waals surface area contributed by atoms with Crippen LogP contribution in [0.25, 0.3) is 0 Å². The van der Waals surface area contributed by atoms with Gasteiger partial charge in [0.25, 0.3) is 0 Å². The Kier molecular flexibility index (Phi) is 8.55. The van der Waals surface area contributed by atoms with Crippen molar-refractivity contribution in [3.8, 4) is 0 Å². The standard InChI is InChI=1S/C30H44N2O8/c1-8-32(9-2)13-12-31(6)15-18-24-27(36)26(35)23-19-10-11-21(34)29(19,4)14-20(39-17(3)33)25(23)30(24,5)22(16-38-7)40-28(18)37/h15,19-22,34,36H,8-14,16H2,1-7H3/b18-15+/t19-,20+,21-,22+,29-,30-/m0/s1. The van der Waals surface area contributed by atoms with E-state index in [4.69, 9.17) is 14.2 Å². The highest BCUT2D eigenvalue weighted by molar-refractivity contribution is 6.13. The van der Waals surface area contributed by atoms with E-state index in [1.807, 2.05) is 25.8 Å². The number of methoxy groups -OCH3 is 1. The van der Waals surface area contributed by atoms with Gasteiger partial charge in [-0.2, -0.15) is 0 Å². The number of esters is 2. The van der Waals surface area contributed by atoms with Gasteiger partial charge in [-0.15, -0.1) is 0 Å². The van der Waals surface area contributed by atoms with E-state index in [2.05, 4.69) is 18.7 Å². The summed E-state index contributed by atoms with van der Waals surface area (Å²) in [6.45, 7) is 12.4. The van der Waals surface area contributed by atoms with E-state index in [-0.39, 0.29) is 23.7 Å². The fourth-order valence-electron chi connectivity index (χ4n) is 7.40. The zero-order chi connectivity index (χ0) is 29.6. The van der Waals surface area contributed by atoms with Crippen LogP contribution in [0.15, 0.2) is 34.3 Å². The van der Waals surface area contributed by atoms with Crippen LogP contribution in [0.1, 0.15) is 53.9 Å². The first-order valence-corrected chi connectivity index (χ1v) is 14.3. The number of hydrogen-bond acceptors (Lipinski definition) is 10. The maximum Gasteiger partial charge on any atom is 0.340 e. The van der Waals surface area contributed by atoms with Crippen LogP contribution >= 0.6 is 0 Å². The van der Waals surface area contributed by atoms with Gasteiger partial charge in [0.1, 0.15) is 12.2 Å². The first kappa shape index (κ1) is 30.3. The minimum atomic E-state index is -1.21. The summed E-state index contributed by atoms with van der Waals surface area (Å²) in [7, 11) is 3.33. The molecule has 0 aromatic rings. The van der Waals surface area contributed by atoms with Crippen LogP contribution in [0.2, 0.25) is 0 Å². The van der Waals surface area contributed by atoms with Gasteiger partial charge in [0.2, 0.25) is 5.78 Å². The molecule has 4 aliphatic rings. The van der Waals surface area contributed by atoms with E-state index < -0.39 is 52.6 Å². The fraction of sp³-hybridized carbons (Fsp3) is 0.700. The quantitative estimate of drug-likeness (QED) is 0.321. The highest BCUT2D eigenvalue weighted by Gasteiger charge is 2.64. The fourth-order valence-corrected chi connectivity index (χ4v) is 7.40. The summed E-state index contributed by atoms with van der Waals surface area (Å²) >= 11 is 0. The maximum atomic E-state index is 14.1. The molecule has 0 spiro atoms. The molecule has 2 fully saturated rings. The summed E-state index contributed by atoms with van der Waals surface area (Å²) in [5.74, 6) is -2.62. The van der Waals surface area contributed by atoms with Crippen molar-refractivity contribution in [2.24, 2.45) is 16.7 Å². The molecule has 1 saturated carbocycles. The number of fused-ring (bicyclic) bond motifs is 4. The summed E-state index contributed by atoms with van der Waals surface area (Å²) in [4.78, 5) is 43.9. The van der Waals surface area contributed by atoms with Crippen molar-refractivity contribution in [3.05, 3.63) is 34.3 Å². The van der Waals surface area contributed by atoms with Crippen molar-refractivity contribution >= 4 is 17.7 Å². The van der Waals surface area contributed by atoms with E-state index in [1.54, 1.807) is 6.20 Å². The monoisotopic (exact) mass is 560 g/mol. The number of cyclic esters (lactones) is 1. The number of aliphatic hydroxyl groups excluding tert-OH is 2. The largest absolute Gasteiger partial charge is 0.504 e. The van der Waals surface area contributed by atoms with Crippen LogP contribution in [-0.4, -0.2) is 103 Å². The van der Waals surface area contributed by atoms with Gasteiger partial charge in [0.05, 0.1) is 23.7 Å². The van der Waals surface area contributed by atoms with Crippen molar-refractivity contribution < 1.29 is 38.8 Å². The number of hydrogen-bond donors (Lipinski definition) is 2. The van der Waals surface area contributed by atoms with Gasteiger partial charge in [-0.1, -0.05) is 20.8 Å². The SMILES string of the molecule is CCN(CC)CCN(C)/C=C1/C(=O)O[C@H](COC)[C@@]2(C)C1=C(O)C(=O)C1=C2[C@H](OC(C)=O)C[C@]2(C)[C@@H](O)CC[C@@H]12. The minimum Gasteiger partial charge on any atom is -0.504 e. The third kappa shape index (κ3) is 4.77. The third-order valence-corrected chi connectivity index (χ3v) is 9.67. The summed E-state index contributed by atoms with van der Waals surface area (Å²) in [6.07, 6.45) is 0.564. The molecule has 0 unspecified atom stereocenters. The Hall–Kier alpha value is -2.69. The lowest BCUT2D eigenvalue weighted by Gasteiger charge is -2.54.